The standard InChI is InChI=1S/C9H6ClNOS/c10-8-3-1-2-6-4-7(5-11-12)13-9(6)8/h1-5,12H/b11-5+. The summed E-state index contributed by atoms with van der Waals surface area (Å²) < 4.78 is 1.03. The fraction of sp³-hybridized carbons (Fsp3) is 0. The van der Waals surface area contributed by atoms with Gasteiger partial charge < -0.3 is 5.21 Å². The van der Waals surface area contributed by atoms with Crippen LogP contribution in [0.15, 0.2) is 29.4 Å². The zero-order chi connectivity index (χ0) is 9.26. The molecular weight excluding hydrogens is 206 g/mol. The van der Waals surface area contributed by atoms with Crippen molar-refractivity contribution in [2.75, 3.05) is 0 Å². The summed E-state index contributed by atoms with van der Waals surface area (Å²) in [6.45, 7) is 0. The van der Waals surface area contributed by atoms with Gasteiger partial charge in [-0.05, 0) is 17.5 Å². The number of rotatable bonds is 1. The van der Waals surface area contributed by atoms with Crippen molar-refractivity contribution >= 4 is 39.2 Å². The van der Waals surface area contributed by atoms with Crippen molar-refractivity contribution in [1.82, 2.24) is 0 Å². The van der Waals surface area contributed by atoms with Crippen LogP contribution >= 0.6 is 22.9 Å². The van der Waals surface area contributed by atoms with Crippen molar-refractivity contribution in [1.29, 1.82) is 0 Å². The Balaban J connectivity index is 2.68. The van der Waals surface area contributed by atoms with Crippen molar-refractivity contribution < 1.29 is 5.21 Å². The Kier molecular flexibility index (Phi) is 2.20. The van der Waals surface area contributed by atoms with E-state index in [-0.39, 0.29) is 0 Å². The molecule has 2 aromatic rings. The highest BCUT2D eigenvalue weighted by Crippen LogP contribution is 2.30. The van der Waals surface area contributed by atoms with E-state index in [4.69, 9.17) is 16.8 Å². The highest BCUT2D eigenvalue weighted by atomic mass is 35.5. The van der Waals surface area contributed by atoms with Gasteiger partial charge in [-0.2, -0.15) is 0 Å². The number of hydrogen-bond acceptors (Lipinski definition) is 3. The maximum absolute atomic E-state index is 8.36. The minimum absolute atomic E-state index is 0.736. The first-order chi connectivity index (χ1) is 6.31. The third kappa shape index (κ3) is 1.53. The van der Waals surface area contributed by atoms with Gasteiger partial charge in [0.2, 0.25) is 0 Å². The zero-order valence-electron chi connectivity index (χ0n) is 6.57. The van der Waals surface area contributed by atoms with Gasteiger partial charge in [-0.15, -0.1) is 11.3 Å². The average molecular weight is 212 g/mol. The lowest BCUT2D eigenvalue weighted by Crippen LogP contribution is -1.68. The number of benzene rings is 1. The molecule has 2 rings (SSSR count). The third-order valence-corrected chi connectivity index (χ3v) is 3.25. The number of thiophene rings is 1. The van der Waals surface area contributed by atoms with Gasteiger partial charge in [0.1, 0.15) is 0 Å². The van der Waals surface area contributed by atoms with Crippen molar-refractivity contribution in [3.05, 3.63) is 34.2 Å². The van der Waals surface area contributed by atoms with Crippen LogP contribution in [0.1, 0.15) is 4.88 Å². The molecule has 0 radical (unpaired) electrons. The molecular formula is C9H6ClNOS. The summed E-state index contributed by atoms with van der Waals surface area (Å²) >= 11 is 7.48. The maximum Gasteiger partial charge on any atom is 0.0834 e. The molecule has 0 bridgehead atoms. The highest BCUT2D eigenvalue weighted by Gasteiger charge is 2.02. The second kappa shape index (κ2) is 3.36. The molecule has 13 heavy (non-hydrogen) atoms. The maximum atomic E-state index is 8.36. The van der Waals surface area contributed by atoms with Gasteiger partial charge in [0.25, 0.3) is 0 Å². The summed E-state index contributed by atoms with van der Waals surface area (Å²) in [6, 6.07) is 7.66. The van der Waals surface area contributed by atoms with Crippen molar-refractivity contribution in [3.8, 4) is 0 Å². The molecule has 2 nitrogen and oxygen atoms in total. The first kappa shape index (κ1) is 8.53. The number of hydrogen-bond donors (Lipinski definition) is 1. The van der Waals surface area contributed by atoms with Crippen LogP contribution < -0.4 is 0 Å². The molecule has 0 spiro atoms. The smallest absolute Gasteiger partial charge is 0.0834 e. The topological polar surface area (TPSA) is 32.6 Å². The Morgan fingerprint density at radius 1 is 1.46 bits per heavy atom. The molecule has 0 amide bonds. The van der Waals surface area contributed by atoms with Crippen molar-refractivity contribution in [2.45, 2.75) is 0 Å². The molecule has 0 atom stereocenters. The minimum Gasteiger partial charge on any atom is -0.411 e. The summed E-state index contributed by atoms with van der Waals surface area (Å²) in [5, 5.41) is 13.1. The number of halogens is 1. The largest absolute Gasteiger partial charge is 0.411 e. The van der Waals surface area contributed by atoms with Crippen LogP contribution in [0, 0.1) is 0 Å². The summed E-state index contributed by atoms with van der Waals surface area (Å²) in [4.78, 5) is 0.894. The molecule has 0 saturated carbocycles. The summed E-state index contributed by atoms with van der Waals surface area (Å²) in [5.74, 6) is 0. The second-order valence-electron chi connectivity index (χ2n) is 2.55. The number of nitrogens with zero attached hydrogens (tertiary/aromatic N) is 1. The Morgan fingerprint density at radius 2 is 2.31 bits per heavy atom. The van der Waals surface area contributed by atoms with E-state index in [1.54, 1.807) is 0 Å². The molecule has 0 aliphatic carbocycles. The quantitative estimate of drug-likeness (QED) is 0.438. The Morgan fingerprint density at radius 3 is 3.00 bits per heavy atom. The fourth-order valence-electron chi connectivity index (χ4n) is 1.17. The second-order valence-corrected chi connectivity index (χ2v) is 4.04. The molecule has 1 aromatic carbocycles. The van der Waals surface area contributed by atoms with Crippen LogP contribution in [0.4, 0.5) is 0 Å². The molecule has 0 fully saturated rings. The minimum atomic E-state index is 0.736. The van der Waals surface area contributed by atoms with Gasteiger partial charge in [0, 0.05) is 4.88 Å². The van der Waals surface area contributed by atoms with Crippen LogP contribution in [0.25, 0.3) is 10.1 Å². The molecule has 0 aliphatic heterocycles. The van der Waals surface area contributed by atoms with Gasteiger partial charge in [-0.3, -0.25) is 0 Å². The molecule has 1 aromatic heterocycles. The van der Waals surface area contributed by atoms with Crippen molar-refractivity contribution in [3.63, 3.8) is 0 Å². The Labute approximate surface area is 84.1 Å². The first-order valence-corrected chi connectivity index (χ1v) is 4.86. The van der Waals surface area contributed by atoms with E-state index in [1.165, 1.54) is 17.6 Å². The molecule has 66 valence electrons. The lowest BCUT2D eigenvalue weighted by molar-refractivity contribution is 0.322. The van der Waals surface area contributed by atoms with E-state index in [9.17, 15) is 0 Å². The van der Waals surface area contributed by atoms with E-state index in [0.29, 0.717) is 0 Å². The molecule has 4 heteroatoms. The summed E-state index contributed by atoms with van der Waals surface area (Å²) in [7, 11) is 0. The lowest BCUT2D eigenvalue weighted by atomic mass is 10.2. The summed E-state index contributed by atoms with van der Waals surface area (Å²) in [5.41, 5.74) is 0. The average Bonchev–Trinajstić information content (AvgIpc) is 2.49. The van der Waals surface area contributed by atoms with Crippen LogP contribution in [0.5, 0.6) is 0 Å². The molecule has 1 N–H and O–H groups in total. The van der Waals surface area contributed by atoms with Crippen LogP contribution in [-0.2, 0) is 0 Å². The lowest BCUT2D eigenvalue weighted by Gasteiger charge is -1.89. The predicted octanol–water partition coefficient (Wildman–Crippen LogP) is 3.36. The van der Waals surface area contributed by atoms with E-state index < -0.39 is 0 Å². The Hall–Kier alpha value is -1.06. The number of fused-ring (bicyclic) bond motifs is 1. The van der Waals surface area contributed by atoms with Gasteiger partial charge in [0.15, 0.2) is 0 Å². The van der Waals surface area contributed by atoms with Crippen LogP contribution in [0.3, 0.4) is 0 Å². The highest BCUT2D eigenvalue weighted by molar-refractivity contribution is 7.21. The van der Waals surface area contributed by atoms with Gasteiger partial charge in [-0.25, -0.2) is 0 Å². The summed E-state index contributed by atoms with van der Waals surface area (Å²) in [6.07, 6.45) is 1.40. The fourth-order valence-corrected chi connectivity index (χ4v) is 2.40. The van der Waals surface area contributed by atoms with E-state index >= 15 is 0 Å². The van der Waals surface area contributed by atoms with Gasteiger partial charge in [-0.1, -0.05) is 28.9 Å². The van der Waals surface area contributed by atoms with Crippen LogP contribution in [-0.4, -0.2) is 11.4 Å². The van der Waals surface area contributed by atoms with Crippen molar-refractivity contribution in [2.24, 2.45) is 5.16 Å². The van der Waals surface area contributed by atoms with E-state index in [2.05, 4.69) is 5.16 Å². The molecule has 0 aliphatic rings. The SMILES string of the molecule is O/N=C/c1cc2cccc(Cl)c2s1. The zero-order valence-corrected chi connectivity index (χ0v) is 8.14. The normalized spacial score (nSPS) is 11.5. The third-order valence-electron chi connectivity index (χ3n) is 1.70. The van der Waals surface area contributed by atoms with E-state index in [1.807, 2.05) is 24.3 Å². The number of oxime groups is 1. The monoisotopic (exact) mass is 211 g/mol. The molecule has 0 saturated heterocycles. The first-order valence-electron chi connectivity index (χ1n) is 3.67. The van der Waals surface area contributed by atoms with Gasteiger partial charge >= 0.3 is 0 Å². The predicted molar refractivity (Wildman–Crippen MR) is 56.2 cm³/mol. The Bertz CT molecular complexity index is 464. The molecule has 0 unspecified atom stereocenters. The molecule has 1 heterocycles. The van der Waals surface area contributed by atoms with Crippen LogP contribution in [0.2, 0.25) is 5.02 Å². The van der Waals surface area contributed by atoms with E-state index in [0.717, 1.165) is 20.0 Å². The van der Waals surface area contributed by atoms with Gasteiger partial charge in [0.05, 0.1) is 15.9 Å².